The third-order valence-electron chi connectivity index (χ3n) is 6.24. The fourth-order valence-electron chi connectivity index (χ4n) is 4.07. The van der Waals surface area contributed by atoms with Crippen LogP contribution in [0.15, 0.2) is 50.5 Å². The second-order valence-corrected chi connectivity index (χ2v) is 10.4. The predicted molar refractivity (Wildman–Crippen MR) is 122 cm³/mol. The summed E-state index contributed by atoms with van der Waals surface area (Å²) in [6.45, 7) is 4.72. The SMILES string of the molecule is Cc1ccc(NC(=O)CC2CCN(S(=O)(=O)c3ccc4c(c3)oc(=O)n4C)CC2)cc1C. The van der Waals surface area contributed by atoms with Gasteiger partial charge in [0.05, 0.1) is 10.4 Å². The Morgan fingerprint density at radius 1 is 1.09 bits per heavy atom. The Kier molecular flexibility index (Phi) is 5.96. The van der Waals surface area contributed by atoms with E-state index in [1.807, 2.05) is 32.0 Å². The third kappa shape index (κ3) is 4.35. The Bertz CT molecular complexity index is 1330. The van der Waals surface area contributed by atoms with Gasteiger partial charge in [0.15, 0.2) is 5.58 Å². The normalized spacial score (nSPS) is 15.8. The summed E-state index contributed by atoms with van der Waals surface area (Å²) >= 11 is 0. The zero-order valence-corrected chi connectivity index (χ0v) is 19.2. The highest BCUT2D eigenvalue weighted by Crippen LogP contribution is 2.27. The van der Waals surface area contributed by atoms with Gasteiger partial charge in [-0.3, -0.25) is 9.36 Å². The van der Waals surface area contributed by atoms with Gasteiger partial charge in [-0.15, -0.1) is 0 Å². The molecule has 1 aliphatic rings. The first-order valence-corrected chi connectivity index (χ1v) is 12.1. The van der Waals surface area contributed by atoms with Crippen LogP contribution in [-0.4, -0.2) is 36.3 Å². The topological polar surface area (TPSA) is 102 Å². The molecular weight excluding hydrogens is 430 g/mol. The maximum Gasteiger partial charge on any atom is 0.419 e. The molecule has 2 aromatic carbocycles. The Labute approximate surface area is 186 Å². The predicted octanol–water partition coefficient (Wildman–Crippen LogP) is 3.18. The van der Waals surface area contributed by atoms with Crippen molar-refractivity contribution in [2.75, 3.05) is 18.4 Å². The number of aryl methyl sites for hydroxylation is 3. The summed E-state index contributed by atoms with van der Waals surface area (Å²) in [5.74, 6) is -0.462. The second-order valence-electron chi connectivity index (χ2n) is 8.46. The first-order valence-electron chi connectivity index (χ1n) is 10.6. The molecule has 1 amide bonds. The highest BCUT2D eigenvalue weighted by molar-refractivity contribution is 7.89. The Morgan fingerprint density at radius 3 is 2.50 bits per heavy atom. The van der Waals surface area contributed by atoms with Gasteiger partial charge in [-0.25, -0.2) is 13.2 Å². The van der Waals surface area contributed by atoms with E-state index in [0.717, 1.165) is 11.3 Å². The molecular formula is C23H27N3O5S. The van der Waals surface area contributed by atoms with Gasteiger partial charge < -0.3 is 9.73 Å². The van der Waals surface area contributed by atoms with Crippen molar-refractivity contribution in [3.8, 4) is 0 Å². The number of nitrogens with one attached hydrogen (secondary N) is 1. The van der Waals surface area contributed by atoms with Crippen LogP contribution >= 0.6 is 0 Å². The average molecular weight is 458 g/mol. The number of benzene rings is 2. The van der Waals surface area contributed by atoms with E-state index in [4.69, 9.17) is 4.42 Å². The van der Waals surface area contributed by atoms with Crippen LogP contribution in [0.4, 0.5) is 5.69 Å². The first-order chi connectivity index (χ1) is 15.1. The summed E-state index contributed by atoms with van der Waals surface area (Å²) in [4.78, 5) is 24.2. The molecule has 1 aromatic heterocycles. The lowest BCUT2D eigenvalue weighted by Gasteiger charge is -2.31. The highest BCUT2D eigenvalue weighted by atomic mass is 32.2. The minimum absolute atomic E-state index is 0.0564. The number of rotatable bonds is 5. The number of fused-ring (bicyclic) bond motifs is 1. The van der Waals surface area contributed by atoms with Crippen molar-refractivity contribution in [3.63, 3.8) is 0 Å². The van der Waals surface area contributed by atoms with Gasteiger partial charge in [-0.05, 0) is 68.0 Å². The van der Waals surface area contributed by atoms with Crippen LogP contribution in [0.5, 0.6) is 0 Å². The molecule has 1 fully saturated rings. The fourth-order valence-corrected chi connectivity index (χ4v) is 5.56. The summed E-state index contributed by atoms with van der Waals surface area (Å²) in [6.07, 6.45) is 1.59. The number of nitrogens with zero attached hydrogens (tertiary/aromatic N) is 2. The van der Waals surface area contributed by atoms with Gasteiger partial charge in [0, 0.05) is 38.3 Å². The van der Waals surface area contributed by atoms with E-state index in [2.05, 4.69) is 5.32 Å². The quantitative estimate of drug-likeness (QED) is 0.634. The third-order valence-corrected chi connectivity index (χ3v) is 8.13. The molecule has 1 N–H and O–H groups in total. The molecule has 9 heteroatoms. The molecule has 8 nitrogen and oxygen atoms in total. The number of amides is 1. The number of carbonyl (C=O) groups excluding carboxylic acids is 1. The minimum Gasteiger partial charge on any atom is -0.408 e. The number of carbonyl (C=O) groups is 1. The van der Waals surface area contributed by atoms with Gasteiger partial charge in [-0.1, -0.05) is 6.07 Å². The standard InChI is InChI=1S/C23H27N3O5S/c1-15-4-5-18(12-16(15)2)24-22(27)13-17-8-10-26(11-9-17)32(29,30)19-6-7-20-21(14-19)31-23(28)25(20)3/h4-7,12,14,17H,8-11,13H2,1-3H3,(H,24,27). The summed E-state index contributed by atoms with van der Waals surface area (Å²) < 4.78 is 34.0. The Hall–Kier alpha value is -2.91. The van der Waals surface area contributed by atoms with Crippen LogP contribution in [0.3, 0.4) is 0 Å². The number of oxazole rings is 1. The van der Waals surface area contributed by atoms with Crippen molar-refractivity contribution >= 4 is 32.7 Å². The molecule has 32 heavy (non-hydrogen) atoms. The lowest BCUT2D eigenvalue weighted by Crippen LogP contribution is -2.39. The van der Waals surface area contributed by atoms with E-state index in [0.29, 0.717) is 37.9 Å². The summed E-state index contributed by atoms with van der Waals surface area (Å²) in [5.41, 5.74) is 3.86. The van der Waals surface area contributed by atoms with E-state index in [9.17, 15) is 18.0 Å². The molecule has 0 radical (unpaired) electrons. The molecule has 0 aliphatic carbocycles. The maximum atomic E-state index is 13.1. The van der Waals surface area contributed by atoms with E-state index < -0.39 is 15.8 Å². The van der Waals surface area contributed by atoms with Crippen LogP contribution in [0.25, 0.3) is 11.1 Å². The van der Waals surface area contributed by atoms with Gasteiger partial charge in [0.1, 0.15) is 0 Å². The van der Waals surface area contributed by atoms with Crippen LogP contribution in [0.1, 0.15) is 30.4 Å². The molecule has 0 bridgehead atoms. The van der Waals surface area contributed by atoms with E-state index in [-0.39, 0.29) is 22.3 Å². The first kappa shape index (κ1) is 22.3. The maximum absolute atomic E-state index is 13.1. The van der Waals surface area contributed by atoms with Crippen LogP contribution in [-0.2, 0) is 21.9 Å². The Balaban J connectivity index is 1.37. The monoisotopic (exact) mass is 457 g/mol. The van der Waals surface area contributed by atoms with Gasteiger partial charge in [0.25, 0.3) is 0 Å². The van der Waals surface area contributed by atoms with Gasteiger partial charge in [0.2, 0.25) is 15.9 Å². The summed E-state index contributed by atoms with van der Waals surface area (Å²) in [5, 5.41) is 2.94. The number of piperidine rings is 1. The smallest absolute Gasteiger partial charge is 0.408 e. The Morgan fingerprint density at radius 2 is 1.81 bits per heavy atom. The van der Waals surface area contributed by atoms with Crippen molar-refractivity contribution in [1.82, 2.24) is 8.87 Å². The lowest BCUT2D eigenvalue weighted by molar-refractivity contribution is -0.117. The number of anilines is 1. The highest BCUT2D eigenvalue weighted by Gasteiger charge is 2.30. The van der Waals surface area contributed by atoms with E-state index in [1.165, 1.54) is 26.6 Å². The largest absolute Gasteiger partial charge is 0.419 e. The van der Waals surface area contributed by atoms with Crippen molar-refractivity contribution < 1.29 is 17.6 Å². The van der Waals surface area contributed by atoms with Crippen LogP contribution in [0, 0.1) is 19.8 Å². The fraction of sp³-hybridized carbons (Fsp3) is 0.391. The summed E-state index contributed by atoms with van der Waals surface area (Å²) in [6, 6.07) is 10.3. The number of hydrogen-bond acceptors (Lipinski definition) is 5. The molecule has 0 unspecified atom stereocenters. The molecule has 0 spiro atoms. The van der Waals surface area contributed by atoms with Gasteiger partial charge in [-0.2, -0.15) is 4.31 Å². The molecule has 4 rings (SSSR count). The molecule has 1 aliphatic heterocycles. The minimum atomic E-state index is -3.70. The van der Waals surface area contributed by atoms with Crippen molar-refractivity contribution in [1.29, 1.82) is 0 Å². The van der Waals surface area contributed by atoms with Crippen LogP contribution < -0.4 is 11.1 Å². The van der Waals surface area contributed by atoms with Crippen molar-refractivity contribution in [3.05, 3.63) is 58.1 Å². The van der Waals surface area contributed by atoms with E-state index >= 15 is 0 Å². The van der Waals surface area contributed by atoms with E-state index in [1.54, 1.807) is 13.1 Å². The average Bonchev–Trinajstić information content (AvgIpc) is 3.04. The molecule has 0 saturated carbocycles. The molecule has 3 aromatic rings. The number of sulfonamides is 1. The van der Waals surface area contributed by atoms with Crippen molar-refractivity contribution in [2.24, 2.45) is 13.0 Å². The number of aromatic nitrogens is 1. The molecule has 0 atom stereocenters. The van der Waals surface area contributed by atoms with Crippen molar-refractivity contribution in [2.45, 2.75) is 38.0 Å². The summed E-state index contributed by atoms with van der Waals surface area (Å²) in [7, 11) is -2.13. The zero-order chi connectivity index (χ0) is 23.0. The molecule has 2 heterocycles. The number of hydrogen-bond donors (Lipinski definition) is 1. The van der Waals surface area contributed by atoms with Crippen LogP contribution in [0.2, 0.25) is 0 Å². The molecule has 1 saturated heterocycles. The lowest BCUT2D eigenvalue weighted by atomic mass is 9.94. The second kappa shape index (κ2) is 8.55. The molecule has 170 valence electrons. The zero-order valence-electron chi connectivity index (χ0n) is 18.4. The van der Waals surface area contributed by atoms with Gasteiger partial charge >= 0.3 is 5.76 Å².